The Bertz CT molecular complexity index is 380. The second-order valence-corrected chi connectivity index (χ2v) is 6.49. The van der Waals surface area contributed by atoms with Crippen LogP contribution in [-0.2, 0) is 6.42 Å². The third kappa shape index (κ3) is 3.73. The molecule has 1 aromatic rings. The third-order valence-corrected chi connectivity index (χ3v) is 4.25. The van der Waals surface area contributed by atoms with Crippen LogP contribution < -0.4 is 5.32 Å². The van der Waals surface area contributed by atoms with E-state index in [0.717, 1.165) is 18.0 Å². The number of hydrogen-bond acceptors (Lipinski definition) is 1. The van der Waals surface area contributed by atoms with Gasteiger partial charge in [-0.2, -0.15) is 0 Å². The molecule has 0 radical (unpaired) electrons. The van der Waals surface area contributed by atoms with E-state index in [1.165, 1.54) is 31.2 Å². The minimum atomic E-state index is 0.453. The molecule has 1 fully saturated rings. The Morgan fingerprint density at radius 1 is 1.28 bits per heavy atom. The van der Waals surface area contributed by atoms with Crippen LogP contribution in [0.5, 0.6) is 0 Å². The second kappa shape index (κ2) is 6.08. The number of benzene rings is 1. The van der Waals surface area contributed by atoms with E-state index in [1.807, 2.05) is 6.07 Å². The van der Waals surface area contributed by atoms with Crippen LogP contribution in [0.3, 0.4) is 0 Å². The van der Waals surface area contributed by atoms with Crippen LogP contribution in [0.25, 0.3) is 0 Å². The van der Waals surface area contributed by atoms with E-state index in [0.29, 0.717) is 11.5 Å². The lowest BCUT2D eigenvalue weighted by molar-refractivity contribution is 0.269. The van der Waals surface area contributed by atoms with Crippen LogP contribution in [0.15, 0.2) is 24.3 Å². The molecule has 0 saturated heterocycles. The van der Waals surface area contributed by atoms with E-state index in [-0.39, 0.29) is 0 Å². The van der Waals surface area contributed by atoms with Gasteiger partial charge in [0.2, 0.25) is 0 Å². The minimum absolute atomic E-state index is 0.453. The molecule has 0 spiro atoms. The molecule has 0 atom stereocenters. The Morgan fingerprint density at radius 3 is 2.61 bits per heavy atom. The van der Waals surface area contributed by atoms with Gasteiger partial charge in [-0.25, -0.2) is 0 Å². The molecule has 1 nitrogen and oxygen atoms in total. The van der Waals surface area contributed by atoms with Crippen molar-refractivity contribution in [2.45, 2.75) is 52.0 Å². The van der Waals surface area contributed by atoms with Gasteiger partial charge in [0.05, 0.1) is 0 Å². The molecule has 1 aliphatic rings. The maximum atomic E-state index is 6.09. The fraction of sp³-hybridized carbons (Fsp3) is 0.625. The highest BCUT2D eigenvalue weighted by Gasteiger charge is 2.33. The number of nitrogens with one attached hydrogen (secondary N) is 1. The lowest BCUT2D eigenvalue weighted by Crippen LogP contribution is -2.37. The van der Waals surface area contributed by atoms with Gasteiger partial charge in [-0.3, -0.25) is 0 Å². The predicted octanol–water partition coefficient (Wildman–Crippen LogP) is 4.44. The average molecular weight is 266 g/mol. The number of hydrogen-bond donors (Lipinski definition) is 1. The van der Waals surface area contributed by atoms with E-state index in [4.69, 9.17) is 11.6 Å². The van der Waals surface area contributed by atoms with Crippen molar-refractivity contribution in [3.63, 3.8) is 0 Å². The number of rotatable bonds is 5. The Kier molecular flexibility index (Phi) is 4.69. The molecule has 18 heavy (non-hydrogen) atoms. The first-order valence-electron chi connectivity index (χ1n) is 7.08. The lowest BCUT2D eigenvalue weighted by Gasteiger charge is -2.30. The van der Waals surface area contributed by atoms with E-state index in [1.54, 1.807) is 0 Å². The van der Waals surface area contributed by atoms with Crippen molar-refractivity contribution in [3.8, 4) is 0 Å². The second-order valence-electron chi connectivity index (χ2n) is 6.05. The van der Waals surface area contributed by atoms with Crippen molar-refractivity contribution in [2.75, 3.05) is 6.54 Å². The van der Waals surface area contributed by atoms with Crippen LogP contribution in [0, 0.1) is 5.41 Å². The molecule has 0 bridgehead atoms. The molecule has 2 heteroatoms. The Balaban J connectivity index is 2.06. The summed E-state index contributed by atoms with van der Waals surface area (Å²) in [6.07, 6.45) is 6.60. The molecule has 0 heterocycles. The van der Waals surface area contributed by atoms with Crippen molar-refractivity contribution in [2.24, 2.45) is 5.41 Å². The molecule has 0 unspecified atom stereocenters. The summed E-state index contributed by atoms with van der Waals surface area (Å²) in [5.74, 6) is 0. The van der Waals surface area contributed by atoms with Gasteiger partial charge in [0.1, 0.15) is 0 Å². The zero-order valence-electron chi connectivity index (χ0n) is 11.5. The fourth-order valence-corrected chi connectivity index (χ4v) is 3.25. The largest absolute Gasteiger partial charge is 0.314 e. The van der Waals surface area contributed by atoms with E-state index in [2.05, 4.69) is 37.4 Å². The van der Waals surface area contributed by atoms with Gasteiger partial charge in [0.25, 0.3) is 0 Å². The van der Waals surface area contributed by atoms with Crippen LogP contribution in [0.2, 0.25) is 5.02 Å². The van der Waals surface area contributed by atoms with Gasteiger partial charge in [0, 0.05) is 17.6 Å². The summed E-state index contributed by atoms with van der Waals surface area (Å²) in [6.45, 7) is 5.58. The van der Waals surface area contributed by atoms with Gasteiger partial charge in [-0.15, -0.1) is 0 Å². The van der Waals surface area contributed by atoms with Crippen LogP contribution >= 0.6 is 11.6 Å². The van der Waals surface area contributed by atoms with E-state index < -0.39 is 0 Å². The highest BCUT2D eigenvalue weighted by Crippen LogP contribution is 2.40. The molecule has 100 valence electrons. The predicted molar refractivity (Wildman–Crippen MR) is 79.2 cm³/mol. The molecule has 1 aliphatic carbocycles. The molecule has 0 amide bonds. The summed E-state index contributed by atoms with van der Waals surface area (Å²) >= 11 is 6.09. The van der Waals surface area contributed by atoms with Gasteiger partial charge in [-0.1, -0.05) is 50.4 Å². The fourth-order valence-electron chi connectivity index (χ4n) is 3.04. The highest BCUT2D eigenvalue weighted by atomic mass is 35.5. The van der Waals surface area contributed by atoms with Gasteiger partial charge in [-0.05, 0) is 42.4 Å². The van der Waals surface area contributed by atoms with Crippen molar-refractivity contribution < 1.29 is 0 Å². The van der Waals surface area contributed by atoms with Crippen molar-refractivity contribution in [3.05, 3.63) is 34.9 Å². The summed E-state index contributed by atoms with van der Waals surface area (Å²) in [7, 11) is 0. The quantitative estimate of drug-likeness (QED) is 0.830. The molecule has 2 rings (SSSR count). The van der Waals surface area contributed by atoms with E-state index in [9.17, 15) is 0 Å². The van der Waals surface area contributed by atoms with Crippen LogP contribution in [0.4, 0.5) is 0 Å². The summed E-state index contributed by atoms with van der Waals surface area (Å²) in [5.41, 5.74) is 1.84. The van der Waals surface area contributed by atoms with Crippen molar-refractivity contribution in [1.29, 1.82) is 0 Å². The molecule has 0 aliphatic heterocycles. The van der Waals surface area contributed by atoms with Crippen molar-refractivity contribution >= 4 is 11.6 Å². The SMILES string of the molecule is CC(C)NCC1(Cc2cccc(Cl)c2)CCCC1. The topological polar surface area (TPSA) is 12.0 Å². The normalized spacial score (nSPS) is 18.4. The highest BCUT2D eigenvalue weighted by molar-refractivity contribution is 6.30. The summed E-state index contributed by atoms with van der Waals surface area (Å²) in [4.78, 5) is 0. The van der Waals surface area contributed by atoms with Gasteiger partial charge in [0.15, 0.2) is 0 Å². The first-order valence-corrected chi connectivity index (χ1v) is 7.45. The summed E-state index contributed by atoms with van der Waals surface area (Å²) in [5, 5.41) is 4.49. The van der Waals surface area contributed by atoms with Crippen LogP contribution in [-0.4, -0.2) is 12.6 Å². The van der Waals surface area contributed by atoms with Gasteiger partial charge < -0.3 is 5.32 Å². The maximum absolute atomic E-state index is 6.09. The Hall–Kier alpha value is -0.530. The molecular formula is C16H24ClN. The van der Waals surface area contributed by atoms with Crippen LogP contribution in [0.1, 0.15) is 45.1 Å². The summed E-state index contributed by atoms with van der Waals surface area (Å²) < 4.78 is 0. The first kappa shape index (κ1) is 13.9. The Labute approximate surface area is 116 Å². The monoisotopic (exact) mass is 265 g/mol. The summed E-state index contributed by atoms with van der Waals surface area (Å²) in [6, 6.07) is 8.93. The zero-order valence-corrected chi connectivity index (χ0v) is 12.3. The number of halogens is 1. The molecule has 1 N–H and O–H groups in total. The lowest BCUT2D eigenvalue weighted by atomic mass is 9.80. The molecule has 0 aromatic heterocycles. The maximum Gasteiger partial charge on any atom is 0.0408 e. The first-order chi connectivity index (χ1) is 8.60. The minimum Gasteiger partial charge on any atom is -0.314 e. The third-order valence-electron chi connectivity index (χ3n) is 4.02. The van der Waals surface area contributed by atoms with Crippen molar-refractivity contribution in [1.82, 2.24) is 5.32 Å². The smallest absolute Gasteiger partial charge is 0.0408 e. The molecule has 1 saturated carbocycles. The standard InChI is InChI=1S/C16H24ClN/c1-13(2)18-12-16(8-3-4-9-16)11-14-6-5-7-15(17)10-14/h5-7,10,13,18H,3-4,8-9,11-12H2,1-2H3. The average Bonchev–Trinajstić information content (AvgIpc) is 2.76. The molecule has 1 aromatic carbocycles. The Morgan fingerprint density at radius 2 is 2.00 bits per heavy atom. The van der Waals surface area contributed by atoms with Gasteiger partial charge >= 0.3 is 0 Å². The zero-order chi connectivity index (χ0) is 13.0. The van der Waals surface area contributed by atoms with E-state index >= 15 is 0 Å². The molecular weight excluding hydrogens is 242 g/mol.